The molecule has 7 nitrogen and oxygen atoms in total. The van der Waals surface area contributed by atoms with Gasteiger partial charge >= 0.3 is 5.69 Å². The lowest BCUT2D eigenvalue weighted by atomic mass is 10.2. The van der Waals surface area contributed by atoms with E-state index in [-0.39, 0.29) is 30.6 Å². The van der Waals surface area contributed by atoms with Gasteiger partial charge in [0.2, 0.25) is 0 Å². The molecule has 2 aromatic heterocycles. The molecule has 7 heteroatoms. The van der Waals surface area contributed by atoms with E-state index in [0.29, 0.717) is 0 Å². The summed E-state index contributed by atoms with van der Waals surface area (Å²) in [5, 5.41) is 9.63. The van der Waals surface area contributed by atoms with Gasteiger partial charge in [0.15, 0.2) is 11.2 Å². The molecule has 1 N–H and O–H groups in total. The van der Waals surface area contributed by atoms with Crippen molar-refractivity contribution in [2.75, 3.05) is 0 Å². The SMILES string of the molecule is [2H]C([2H])([2H])[C@@H](O)C([2H])([2H])CCCn1c(=O)c2c(ncn2C)n(C)c1=O. The van der Waals surface area contributed by atoms with Gasteiger partial charge in [-0.3, -0.25) is 13.9 Å². The predicted octanol–water partition coefficient (Wildman–Crippen LogP) is -0.0152. The maximum Gasteiger partial charge on any atom is 0.332 e. The van der Waals surface area contributed by atoms with Crippen LogP contribution in [0.5, 0.6) is 0 Å². The van der Waals surface area contributed by atoms with Crippen LogP contribution in [-0.2, 0) is 20.6 Å². The Morgan fingerprint density at radius 1 is 1.45 bits per heavy atom. The Balaban J connectivity index is 2.26. The van der Waals surface area contributed by atoms with E-state index in [2.05, 4.69) is 4.98 Å². The van der Waals surface area contributed by atoms with Crippen LogP contribution in [0.15, 0.2) is 15.9 Å². The third-order valence-corrected chi connectivity index (χ3v) is 3.10. The molecule has 2 rings (SSSR count). The number of aryl methyl sites for hydroxylation is 2. The highest BCUT2D eigenvalue weighted by molar-refractivity contribution is 5.69. The number of rotatable bonds is 5. The summed E-state index contributed by atoms with van der Waals surface area (Å²) in [6.07, 6.45) is -3.39. The number of aliphatic hydroxyl groups excluding tert-OH is 1. The third kappa shape index (κ3) is 2.53. The fourth-order valence-electron chi connectivity index (χ4n) is 2.07. The van der Waals surface area contributed by atoms with Gasteiger partial charge in [-0.2, -0.15) is 0 Å². The molecule has 0 unspecified atom stereocenters. The zero-order valence-corrected chi connectivity index (χ0v) is 11.3. The minimum atomic E-state index is -2.84. The summed E-state index contributed by atoms with van der Waals surface area (Å²) in [5.74, 6) is 0. The average molecular weight is 285 g/mol. The maximum absolute atomic E-state index is 12.5. The number of hydrogen-bond acceptors (Lipinski definition) is 4. The quantitative estimate of drug-likeness (QED) is 0.837. The molecule has 0 aliphatic carbocycles. The largest absolute Gasteiger partial charge is 0.393 e. The van der Waals surface area contributed by atoms with Crippen LogP contribution in [0.1, 0.15) is 32.9 Å². The smallest absolute Gasteiger partial charge is 0.332 e. The number of imidazole rings is 1. The van der Waals surface area contributed by atoms with Crippen molar-refractivity contribution in [3.05, 3.63) is 27.2 Å². The van der Waals surface area contributed by atoms with Gasteiger partial charge < -0.3 is 9.67 Å². The fraction of sp³-hybridized carbons (Fsp3) is 0.615. The summed E-state index contributed by atoms with van der Waals surface area (Å²) in [6.45, 7) is -2.94. The molecule has 0 saturated carbocycles. The molecule has 0 aliphatic rings. The Morgan fingerprint density at radius 2 is 2.20 bits per heavy atom. The van der Waals surface area contributed by atoms with Gasteiger partial charge in [-0.1, -0.05) is 0 Å². The Kier molecular flexibility index (Phi) is 2.56. The van der Waals surface area contributed by atoms with Crippen LogP contribution in [0.3, 0.4) is 0 Å². The molecule has 0 spiro atoms. The summed E-state index contributed by atoms with van der Waals surface area (Å²) >= 11 is 0. The lowest BCUT2D eigenvalue weighted by Crippen LogP contribution is -2.39. The van der Waals surface area contributed by atoms with E-state index in [0.717, 1.165) is 4.57 Å². The van der Waals surface area contributed by atoms with E-state index in [1.165, 1.54) is 22.5 Å². The van der Waals surface area contributed by atoms with Crippen LogP contribution in [-0.4, -0.2) is 29.9 Å². The van der Waals surface area contributed by atoms with Gasteiger partial charge in [0.1, 0.15) is 0 Å². The van der Waals surface area contributed by atoms with Gasteiger partial charge in [0.05, 0.1) is 12.4 Å². The Bertz CT molecular complexity index is 896. The van der Waals surface area contributed by atoms with E-state index >= 15 is 0 Å². The molecule has 0 aliphatic heterocycles. The molecule has 0 bridgehead atoms. The first kappa shape index (κ1) is 9.12. The van der Waals surface area contributed by atoms with Crippen molar-refractivity contribution in [2.24, 2.45) is 14.1 Å². The number of hydrogen-bond donors (Lipinski definition) is 1. The molecule has 20 heavy (non-hydrogen) atoms. The number of aliphatic hydroxyl groups is 1. The van der Waals surface area contributed by atoms with Crippen LogP contribution in [0.4, 0.5) is 0 Å². The first-order valence-electron chi connectivity index (χ1n) is 8.67. The minimum Gasteiger partial charge on any atom is -0.393 e. The Hall–Kier alpha value is -1.89. The van der Waals surface area contributed by atoms with Crippen LogP contribution in [0, 0.1) is 0 Å². The molecule has 0 aromatic carbocycles. The second-order valence-corrected chi connectivity index (χ2v) is 4.54. The molecule has 110 valence electrons. The fourth-order valence-corrected chi connectivity index (χ4v) is 2.07. The summed E-state index contributed by atoms with van der Waals surface area (Å²) in [5.41, 5.74) is -0.641. The van der Waals surface area contributed by atoms with Crippen LogP contribution in [0.2, 0.25) is 0 Å². The van der Waals surface area contributed by atoms with Gasteiger partial charge in [-0.15, -0.1) is 0 Å². The second kappa shape index (κ2) is 5.62. The molecule has 0 fully saturated rings. The molecular weight excluding hydrogens is 260 g/mol. The zero-order chi connectivity index (χ0) is 19.2. The Labute approximate surface area is 123 Å². The Morgan fingerprint density at radius 3 is 2.90 bits per heavy atom. The van der Waals surface area contributed by atoms with Crippen LogP contribution in [0.25, 0.3) is 11.2 Å². The summed E-state index contributed by atoms with van der Waals surface area (Å²) < 4.78 is 40.4. The van der Waals surface area contributed by atoms with E-state index in [1.807, 2.05) is 0 Å². The van der Waals surface area contributed by atoms with Gasteiger partial charge in [-0.05, 0) is 26.1 Å². The maximum atomic E-state index is 12.5. The molecule has 0 amide bonds. The summed E-state index contributed by atoms with van der Waals surface area (Å²) in [6, 6.07) is 0. The van der Waals surface area contributed by atoms with Crippen molar-refractivity contribution >= 4 is 11.2 Å². The predicted molar refractivity (Wildman–Crippen MR) is 75.7 cm³/mol. The molecule has 1 atom stereocenters. The highest BCUT2D eigenvalue weighted by Gasteiger charge is 2.14. The normalized spacial score (nSPS) is 18.1. The number of nitrogens with zero attached hydrogens (tertiary/aromatic N) is 4. The van der Waals surface area contributed by atoms with Crippen LogP contribution < -0.4 is 11.2 Å². The highest BCUT2D eigenvalue weighted by atomic mass is 16.3. The third-order valence-electron chi connectivity index (χ3n) is 3.10. The van der Waals surface area contributed by atoms with E-state index in [1.54, 1.807) is 7.05 Å². The molecule has 0 radical (unpaired) electrons. The molecule has 2 heterocycles. The van der Waals surface area contributed by atoms with E-state index in [4.69, 9.17) is 6.85 Å². The highest BCUT2D eigenvalue weighted by Crippen LogP contribution is 2.04. The first-order chi connectivity index (χ1) is 11.4. The van der Waals surface area contributed by atoms with Crippen molar-refractivity contribution in [2.45, 2.75) is 38.7 Å². The minimum absolute atomic E-state index is 0.0125. The summed E-state index contributed by atoms with van der Waals surface area (Å²) in [7, 11) is 3.10. The van der Waals surface area contributed by atoms with E-state index < -0.39 is 30.6 Å². The second-order valence-electron chi connectivity index (χ2n) is 4.54. The monoisotopic (exact) mass is 285 g/mol. The van der Waals surface area contributed by atoms with Crippen molar-refractivity contribution in [1.82, 2.24) is 18.7 Å². The number of fused-ring (bicyclic) bond motifs is 1. The molecular formula is C13H20N4O3. The van der Waals surface area contributed by atoms with Crippen LogP contribution >= 0.6 is 0 Å². The van der Waals surface area contributed by atoms with E-state index in [9.17, 15) is 14.7 Å². The topological polar surface area (TPSA) is 82.1 Å². The lowest BCUT2D eigenvalue weighted by molar-refractivity contribution is 0.180. The van der Waals surface area contributed by atoms with Gasteiger partial charge in [0, 0.05) is 27.5 Å². The van der Waals surface area contributed by atoms with Crippen molar-refractivity contribution in [1.29, 1.82) is 0 Å². The van der Waals surface area contributed by atoms with Gasteiger partial charge in [-0.25, -0.2) is 9.78 Å². The van der Waals surface area contributed by atoms with Crippen molar-refractivity contribution in [3.8, 4) is 0 Å². The summed E-state index contributed by atoms with van der Waals surface area (Å²) in [4.78, 5) is 28.8. The van der Waals surface area contributed by atoms with Gasteiger partial charge in [0.25, 0.3) is 5.56 Å². The standard InChI is InChI=1S/C13H20N4O3/c1-9(18)6-4-5-7-17-12(19)10-11(14-8-15(10)2)16(3)13(17)20/h8-9,18H,4-7H2,1-3H3/t9-/m1/s1/i1D3,6D2. The first-order valence-corrected chi connectivity index (χ1v) is 6.17. The zero-order valence-electron chi connectivity index (χ0n) is 16.3. The number of aromatic nitrogens is 4. The lowest BCUT2D eigenvalue weighted by Gasteiger charge is -2.09. The average Bonchev–Trinajstić information content (AvgIpc) is 2.88. The van der Waals surface area contributed by atoms with Crippen molar-refractivity contribution in [3.63, 3.8) is 0 Å². The van der Waals surface area contributed by atoms with Crippen molar-refractivity contribution < 1.29 is 12.0 Å². The molecule has 2 aromatic rings. The molecule has 0 saturated heterocycles.